The quantitative estimate of drug-likeness (QED) is 0.792. The number of amides is 1. The van der Waals surface area contributed by atoms with E-state index in [4.69, 9.17) is 5.73 Å². The maximum absolute atomic E-state index is 11.6. The van der Waals surface area contributed by atoms with Crippen molar-refractivity contribution in [3.05, 3.63) is 34.9 Å². The summed E-state index contributed by atoms with van der Waals surface area (Å²) in [7, 11) is 0. The van der Waals surface area contributed by atoms with Crippen molar-refractivity contribution in [2.75, 3.05) is 0 Å². The lowest BCUT2D eigenvalue weighted by Crippen LogP contribution is -2.36. The van der Waals surface area contributed by atoms with E-state index in [-0.39, 0.29) is 16.7 Å². The largest absolute Gasteiger partial charge is 0.366 e. The molecule has 0 atom stereocenters. The molecule has 0 radical (unpaired) electrons. The molecular weight excluding hydrogens is 210 g/mol. The van der Waals surface area contributed by atoms with E-state index in [1.165, 1.54) is 5.56 Å². The molecule has 17 heavy (non-hydrogen) atoms. The molecule has 1 aliphatic rings. The Labute approximate surface area is 103 Å². The van der Waals surface area contributed by atoms with Gasteiger partial charge in [-0.15, -0.1) is 0 Å². The summed E-state index contributed by atoms with van der Waals surface area (Å²) in [5.41, 5.74) is 8.82. The number of hydrogen-bond donors (Lipinski definition) is 1. The van der Waals surface area contributed by atoms with Crippen molar-refractivity contribution in [1.29, 1.82) is 0 Å². The lowest BCUT2D eigenvalue weighted by atomic mass is 9.62. The zero-order chi connectivity index (χ0) is 12.8. The van der Waals surface area contributed by atoms with Crippen LogP contribution in [0.4, 0.5) is 0 Å². The van der Waals surface area contributed by atoms with E-state index >= 15 is 0 Å². The second-order valence-electron chi connectivity index (χ2n) is 6.36. The van der Waals surface area contributed by atoms with Crippen LogP contribution in [0.2, 0.25) is 0 Å². The van der Waals surface area contributed by atoms with Crippen LogP contribution in [0, 0.1) is 0 Å². The molecule has 1 aliphatic carbocycles. The molecule has 0 saturated heterocycles. The number of primary amides is 1. The standard InChI is InChI=1S/C15H21NO/c1-14(2)8-9-15(3,4)12-10(13(16)17)6-5-7-11(12)14/h5-7H,8-9H2,1-4H3,(H2,16,17). The average Bonchev–Trinajstić information content (AvgIpc) is 2.24. The predicted octanol–water partition coefficient (Wildman–Crippen LogP) is 3.13. The molecule has 0 saturated carbocycles. The molecule has 1 amide bonds. The van der Waals surface area contributed by atoms with Crippen LogP contribution in [0.25, 0.3) is 0 Å². The van der Waals surface area contributed by atoms with Crippen molar-refractivity contribution in [2.24, 2.45) is 5.73 Å². The van der Waals surface area contributed by atoms with E-state index < -0.39 is 0 Å². The van der Waals surface area contributed by atoms with Gasteiger partial charge >= 0.3 is 0 Å². The van der Waals surface area contributed by atoms with E-state index in [1.807, 2.05) is 12.1 Å². The molecule has 0 heterocycles. The monoisotopic (exact) mass is 231 g/mol. The highest BCUT2D eigenvalue weighted by Crippen LogP contribution is 2.46. The predicted molar refractivity (Wildman–Crippen MR) is 70.2 cm³/mol. The number of fused-ring (bicyclic) bond motifs is 1. The average molecular weight is 231 g/mol. The summed E-state index contributed by atoms with van der Waals surface area (Å²) in [4.78, 5) is 11.6. The topological polar surface area (TPSA) is 43.1 Å². The molecule has 0 unspecified atom stereocenters. The molecule has 0 aliphatic heterocycles. The lowest BCUT2D eigenvalue weighted by molar-refractivity contribution is 0.0997. The second-order valence-corrected chi connectivity index (χ2v) is 6.36. The smallest absolute Gasteiger partial charge is 0.249 e. The molecule has 0 bridgehead atoms. The van der Waals surface area contributed by atoms with Gasteiger partial charge in [0.15, 0.2) is 0 Å². The fourth-order valence-electron chi connectivity index (χ4n) is 2.94. The summed E-state index contributed by atoms with van der Waals surface area (Å²) in [6.07, 6.45) is 2.24. The van der Waals surface area contributed by atoms with Gasteiger partial charge in [-0.1, -0.05) is 39.8 Å². The van der Waals surface area contributed by atoms with E-state index in [1.54, 1.807) is 0 Å². The molecule has 2 rings (SSSR count). The molecular formula is C15H21NO. The summed E-state index contributed by atoms with van der Waals surface area (Å²) < 4.78 is 0. The first-order chi connectivity index (χ1) is 7.76. The Hall–Kier alpha value is -1.31. The molecule has 92 valence electrons. The van der Waals surface area contributed by atoms with E-state index in [2.05, 4.69) is 33.8 Å². The van der Waals surface area contributed by atoms with Crippen molar-refractivity contribution in [3.63, 3.8) is 0 Å². The van der Waals surface area contributed by atoms with Crippen LogP contribution in [0.1, 0.15) is 62.0 Å². The SMILES string of the molecule is CC1(C)CCC(C)(C)c2c(C(N)=O)cccc21. The van der Waals surface area contributed by atoms with Gasteiger partial charge in [-0.25, -0.2) is 0 Å². The Balaban J connectivity index is 2.76. The summed E-state index contributed by atoms with van der Waals surface area (Å²) in [5, 5.41) is 0. The normalized spacial score (nSPS) is 20.7. The van der Waals surface area contributed by atoms with Gasteiger partial charge in [-0.05, 0) is 40.9 Å². The highest BCUT2D eigenvalue weighted by atomic mass is 16.1. The Morgan fingerprint density at radius 3 is 2.29 bits per heavy atom. The number of carbonyl (C=O) groups is 1. The number of nitrogens with two attached hydrogens (primary N) is 1. The van der Waals surface area contributed by atoms with E-state index in [0.29, 0.717) is 5.56 Å². The van der Waals surface area contributed by atoms with E-state index in [9.17, 15) is 4.79 Å². The van der Waals surface area contributed by atoms with Crippen molar-refractivity contribution in [2.45, 2.75) is 51.4 Å². The number of rotatable bonds is 1. The first-order valence-corrected chi connectivity index (χ1v) is 6.19. The van der Waals surface area contributed by atoms with Crippen molar-refractivity contribution >= 4 is 5.91 Å². The molecule has 1 aromatic rings. The fourth-order valence-corrected chi connectivity index (χ4v) is 2.94. The maximum Gasteiger partial charge on any atom is 0.249 e. The third kappa shape index (κ3) is 1.86. The molecule has 0 spiro atoms. The second kappa shape index (κ2) is 3.59. The van der Waals surface area contributed by atoms with Crippen LogP contribution in [0.5, 0.6) is 0 Å². The van der Waals surface area contributed by atoms with Crippen LogP contribution < -0.4 is 5.73 Å². The Morgan fingerprint density at radius 1 is 1.12 bits per heavy atom. The molecule has 0 fully saturated rings. The highest BCUT2D eigenvalue weighted by Gasteiger charge is 2.39. The van der Waals surface area contributed by atoms with Gasteiger partial charge in [-0.2, -0.15) is 0 Å². The number of benzene rings is 1. The highest BCUT2D eigenvalue weighted by molar-refractivity contribution is 5.95. The fraction of sp³-hybridized carbons (Fsp3) is 0.533. The van der Waals surface area contributed by atoms with Crippen LogP contribution in [-0.4, -0.2) is 5.91 Å². The lowest BCUT2D eigenvalue weighted by Gasteiger charge is -2.42. The zero-order valence-corrected chi connectivity index (χ0v) is 11.1. The number of carbonyl (C=O) groups excluding carboxylic acids is 1. The molecule has 2 heteroatoms. The van der Waals surface area contributed by atoms with Gasteiger partial charge in [-0.3, -0.25) is 4.79 Å². The molecule has 2 N–H and O–H groups in total. The van der Waals surface area contributed by atoms with Crippen LogP contribution >= 0.6 is 0 Å². The zero-order valence-electron chi connectivity index (χ0n) is 11.1. The van der Waals surface area contributed by atoms with Crippen molar-refractivity contribution in [3.8, 4) is 0 Å². The molecule has 2 nitrogen and oxygen atoms in total. The number of hydrogen-bond acceptors (Lipinski definition) is 1. The molecule has 1 aromatic carbocycles. The van der Waals surface area contributed by atoms with Crippen LogP contribution in [-0.2, 0) is 10.8 Å². The van der Waals surface area contributed by atoms with Gasteiger partial charge in [0.25, 0.3) is 0 Å². The minimum Gasteiger partial charge on any atom is -0.366 e. The third-order valence-corrected chi connectivity index (χ3v) is 4.11. The Bertz CT molecular complexity index is 472. The minimum absolute atomic E-state index is 0.0382. The maximum atomic E-state index is 11.6. The third-order valence-electron chi connectivity index (χ3n) is 4.11. The summed E-state index contributed by atoms with van der Waals surface area (Å²) in [6, 6.07) is 5.94. The van der Waals surface area contributed by atoms with Crippen LogP contribution in [0.15, 0.2) is 18.2 Å². The van der Waals surface area contributed by atoms with E-state index in [0.717, 1.165) is 18.4 Å². The van der Waals surface area contributed by atoms with Crippen molar-refractivity contribution in [1.82, 2.24) is 0 Å². The van der Waals surface area contributed by atoms with Crippen LogP contribution in [0.3, 0.4) is 0 Å². The first-order valence-electron chi connectivity index (χ1n) is 6.19. The summed E-state index contributed by atoms with van der Waals surface area (Å²) >= 11 is 0. The van der Waals surface area contributed by atoms with Gasteiger partial charge in [0.1, 0.15) is 0 Å². The van der Waals surface area contributed by atoms with Gasteiger partial charge in [0, 0.05) is 5.56 Å². The first kappa shape index (κ1) is 12.2. The van der Waals surface area contributed by atoms with Gasteiger partial charge in [0.2, 0.25) is 5.91 Å². The minimum atomic E-state index is -0.312. The summed E-state index contributed by atoms with van der Waals surface area (Å²) in [6.45, 7) is 8.89. The molecule has 0 aromatic heterocycles. The Morgan fingerprint density at radius 2 is 1.71 bits per heavy atom. The Kier molecular flexibility index (Phi) is 2.57. The van der Waals surface area contributed by atoms with Crippen molar-refractivity contribution < 1.29 is 4.79 Å². The van der Waals surface area contributed by atoms with Gasteiger partial charge in [0.05, 0.1) is 0 Å². The van der Waals surface area contributed by atoms with Gasteiger partial charge < -0.3 is 5.73 Å². The summed E-state index contributed by atoms with van der Waals surface area (Å²) in [5.74, 6) is -0.312.